The number of halogens is 1. The summed E-state index contributed by atoms with van der Waals surface area (Å²) >= 11 is 6.07. The number of rotatable bonds is 5. The molecule has 7 heteroatoms. The molecule has 0 aliphatic heterocycles. The van der Waals surface area contributed by atoms with Gasteiger partial charge in [0.05, 0.1) is 5.02 Å². The Morgan fingerprint density at radius 1 is 1.29 bits per heavy atom. The Balaban J connectivity index is 2.29. The second-order valence-corrected chi connectivity index (χ2v) is 7.01. The van der Waals surface area contributed by atoms with E-state index < -0.39 is 10.0 Å². The molecule has 0 bridgehead atoms. The molecule has 0 aliphatic rings. The Bertz CT molecular complexity index is 720. The van der Waals surface area contributed by atoms with Crippen LogP contribution in [0.2, 0.25) is 5.02 Å². The van der Waals surface area contributed by atoms with E-state index in [1.54, 1.807) is 30.6 Å². The fraction of sp³-hybridized carbons (Fsp3) is 0.214. The van der Waals surface area contributed by atoms with Crippen LogP contribution in [0.1, 0.15) is 11.1 Å². The molecule has 0 atom stereocenters. The molecule has 0 saturated carbocycles. The number of nitrogens with zero attached hydrogens (tertiary/aromatic N) is 2. The predicted octanol–water partition coefficient (Wildman–Crippen LogP) is 2.01. The highest BCUT2D eigenvalue weighted by atomic mass is 35.5. The molecule has 2 aromatic rings. The van der Waals surface area contributed by atoms with Crippen LogP contribution >= 0.6 is 11.6 Å². The highest BCUT2D eigenvalue weighted by molar-refractivity contribution is 7.89. The molecular formula is C14H16ClN3O2S. The van der Waals surface area contributed by atoms with Gasteiger partial charge in [0.1, 0.15) is 4.90 Å². The monoisotopic (exact) mass is 325 g/mol. The summed E-state index contributed by atoms with van der Waals surface area (Å²) < 4.78 is 26.3. The summed E-state index contributed by atoms with van der Waals surface area (Å²) in [5.74, 6) is 0. The molecule has 5 nitrogen and oxygen atoms in total. The Labute approximate surface area is 129 Å². The highest BCUT2D eigenvalue weighted by Gasteiger charge is 2.23. The summed E-state index contributed by atoms with van der Waals surface area (Å²) in [5, 5.41) is 0.177. The smallest absolute Gasteiger partial charge is 0.244 e. The lowest BCUT2D eigenvalue weighted by Crippen LogP contribution is -2.26. The van der Waals surface area contributed by atoms with E-state index in [1.807, 2.05) is 6.07 Å². The molecule has 21 heavy (non-hydrogen) atoms. The van der Waals surface area contributed by atoms with Crippen LogP contribution in [0.5, 0.6) is 0 Å². The summed E-state index contributed by atoms with van der Waals surface area (Å²) in [6.45, 7) is 0.538. The van der Waals surface area contributed by atoms with Gasteiger partial charge < -0.3 is 5.73 Å². The van der Waals surface area contributed by atoms with Gasteiger partial charge in [-0.2, -0.15) is 4.31 Å². The molecule has 0 unspecified atom stereocenters. The molecule has 112 valence electrons. The first-order valence-electron chi connectivity index (χ1n) is 6.29. The minimum atomic E-state index is -3.66. The number of aromatic nitrogens is 1. The fourth-order valence-corrected chi connectivity index (χ4v) is 3.58. The zero-order valence-electron chi connectivity index (χ0n) is 11.5. The van der Waals surface area contributed by atoms with Crippen LogP contribution < -0.4 is 5.73 Å². The van der Waals surface area contributed by atoms with E-state index in [1.165, 1.54) is 17.4 Å². The number of pyridine rings is 1. The average Bonchev–Trinajstić information content (AvgIpc) is 2.47. The third-order valence-electron chi connectivity index (χ3n) is 3.05. The van der Waals surface area contributed by atoms with E-state index in [4.69, 9.17) is 17.3 Å². The van der Waals surface area contributed by atoms with Gasteiger partial charge in [0.2, 0.25) is 10.0 Å². The van der Waals surface area contributed by atoms with Crippen LogP contribution in [0, 0.1) is 0 Å². The number of benzene rings is 1. The SMILES string of the molecule is CN(Cc1cccnc1)S(=O)(=O)c1ccc(CN)cc1Cl. The lowest BCUT2D eigenvalue weighted by atomic mass is 10.2. The van der Waals surface area contributed by atoms with E-state index in [9.17, 15) is 8.42 Å². The van der Waals surface area contributed by atoms with Crippen molar-refractivity contribution in [2.75, 3.05) is 7.05 Å². The minimum absolute atomic E-state index is 0.0766. The van der Waals surface area contributed by atoms with Crippen LogP contribution in [0.25, 0.3) is 0 Å². The third kappa shape index (κ3) is 3.59. The normalized spacial score (nSPS) is 11.8. The van der Waals surface area contributed by atoms with Gasteiger partial charge >= 0.3 is 0 Å². The van der Waals surface area contributed by atoms with Crippen molar-refractivity contribution in [2.45, 2.75) is 18.0 Å². The molecule has 1 aromatic heterocycles. The maximum absolute atomic E-state index is 12.5. The molecule has 2 N–H and O–H groups in total. The van der Waals surface area contributed by atoms with E-state index in [0.717, 1.165) is 11.1 Å². The molecule has 0 spiro atoms. The first-order chi connectivity index (χ1) is 9.95. The predicted molar refractivity (Wildman–Crippen MR) is 82.2 cm³/mol. The summed E-state index contributed by atoms with van der Waals surface area (Å²) in [7, 11) is -2.15. The van der Waals surface area contributed by atoms with E-state index in [-0.39, 0.29) is 16.5 Å². The van der Waals surface area contributed by atoms with Crippen LogP contribution in [-0.4, -0.2) is 24.8 Å². The lowest BCUT2D eigenvalue weighted by molar-refractivity contribution is 0.466. The molecule has 1 heterocycles. The van der Waals surface area contributed by atoms with Crippen molar-refractivity contribution in [2.24, 2.45) is 5.73 Å². The average molecular weight is 326 g/mol. The Kier molecular flexibility index (Phi) is 4.95. The topological polar surface area (TPSA) is 76.3 Å². The minimum Gasteiger partial charge on any atom is -0.326 e. The molecule has 2 rings (SSSR count). The highest BCUT2D eigenvalue weighted by Crippen LogP contribution is 2.25. The van der Waals surface area contributed by atoms with Gasteiger partial charge in [0, 0.05) is 32.5 Å². The van der Waals surface area contributed by atoms with Crippen molar-refractivity contribution < 1.29 is 8.42 Å². The zero-order chi connectivity index (χ0) is 15.5. The summed E-state index contributed by atoms with van der Waals surface area (Å²) in [4.78, 5) is 4.05. The molecule has 0 aliphatic carbocycles. The van der Waals surface area contributed by atoms with Gasteiger partial charge in [0.25, 0.3) is 0 Å². The van der Waals surface area contributed by atoms with Crippen LogP contribution in [0.4, 0.5) is 0 Å². The van der Waals surface area contributed by atoms with E-state index in [2.05, 4.69) is 4.98 Å². The van der Waals surface area contributed by atoms with Gasteiger partial charge in [-0.15, -0.1) is 0 Å². The molecule has 1 aromatic carbocycles. The summed E-state index contributed by atoms with van der Waals surface area (Å²) in [6.07, 6.45) is 3.27. The largest absolute Gasteiger partial charge is 0.326 e. The van der Waals surface area contributed by atoms with Gasteiger partial charge in [-0.3, -0.25) is 4.98 Å². The maximum Gasteiger partial charge on any atom is 0.244 e. The lowest BCUT2D eigenvalue weighted by Gasteiger charge is -2.18. The molecule has 0 radical (unpaired) electrons. The van der Waals surface area contributed by atoms with Crippen molar-refractivity contribution in [3.63, 3.8) is 0 Å². The van der Waals surface area contributed by atoms with Gasteiger partial charge in [-0.25, -0.2) is 8.42 Å². The maximum atomic E-state index is 12.5. The summed E-state index contributed by atoms with van der Waals surface area (Å²) in [5.41, 5.74) is 7.10. The van der Waals surface area contributed by atoms with Gasteiger partial charge in [-0.1, -0.05) is 23.7 Å². The standard InChI is InChI=1S/C14H16ClN3O2S/c1-18(10-12-3-2-6-17-9-12)21(19,20)14-5-4-11(8-16)7-13(14)15/h2-7,9H,8,10,16H2,1H3. The number of nitrogens with two attached hydrogens (primary N) is 1. The van der Waals surface area contributed by atoms with Crippen molar-refractivity contribution in [3.8, 4) is 0 Å². The quantitative estimate of drug-likeness (QED) is 0.912. The fourth-order valence-electron chi connectivity index (χ4n) is 1.88. The first kappa shape index (κ1) is 15.9. The number of hydrogen-bond acceptors (Lipinski definition) is 4. The van der Waals surface area contributed by atoms with E-state index >= 15 is 0 Å². The Hall–Kier alpha value is -1.47. The molecule has 0 fully saturated rings. The van der Waals surface area contributed by atoms with Gasteiger partial charge in [-0.05, 0) is 29.3 Å². The summed E-state index contributed by atoms with van der Waals surface area (Å²) in [6, 6.07) is 8.31. The van der Waals surface area contributed by atoms with Crippen LogP contribution in [-0.2, 0) is 23.1 Å². The zero-order valence-corrected chi connectivity index (χ0v) is 13.1. The van der Waals surface area contributed by atoms with Crippen LogP contribution in [0.15, 0.2) is 47.6 Å². The second kappa shape index (κ2) is 6.53. The van der Waals surface area contributed by atoms with E-state index in [0.29, 0.717) is 6.54 Å². The Morgan fingerprint density at radius 2 is 2.05 bits per heavy atom. The third-order valence-corrected chi connectivity index (χ3v) is 5.33. The molecular weight excluding hydrogens is 310 g/mol. The molecule has 0 amide bonds. The van der Waals surface area contributed by atoms with Crippen molar-refractivity contribution >= 4 is 21.6 Å². The van der Waals surface area contributed by atoms with Crippen molar-refractivity contribution in [1.82, 2.24) is 9.29 Å². The number of sulfonamides is 1. The van der Waals surface area contributed by atoms with Crippen molar-refractivity contribution in [3.05, 3.63) is 58.9 Å². The Morgan fingerprint density at radius 3 is 2.62 bits per heavy atom. The first-order valence-corrected chi connectivity index (χ1v) is 8.10. The number of hydrogen-bond donors (Lipinski definition) is 1. The molecule has 0 saturated heterocycles. The van der Waals surface area contributed by atoms with Crippen molar-refractivity contribution in [1.29, 1.82) is 0 Å². The van der Waals surface area contributed by atoms with Gasteiger partial charge in [0.15, 0.2) is 0 Å². The second-order valence-electron chi connectivity index (χ2n) is 4.59. The van der Waals surface area contributed by atoms with Crippen LogP contribution in [0.3, 0.4) is 0 Å².